The zero-order valence-corrected chi connectivity index (χ0v) is 18.3. The molecule has 1 heterocycles. The molecule has 0 saturated carbocycles. The van der Waals surface area contributed by atoms with Gasteiger partial charge in [-0.25, -0.2) is 9.98 Å². The van der Waals surface area contributed by atoms with Crippen molar-refractivity contribution in [3.05, 3.63) is 58.4 Å². The predicted octanol–water partition coefficient (Wildman–Crippen LogP) is 3.76. The molecule has 2 rings (SSSR count). The minimum Gasteiger partial charge on any atom is -0.493 e. The molecule has 6 nitrogen and oxygen atoms in total. The van der Waals surface area contributed by atoms with Gasteiger partial charge in [0.2, 0.25) is 0 Å². The fourth-order valence-electron chi connectivity index (χ4n) is 2.70. The van der Waals surface area contributed by atoms with E-state index in [0.29, 0.717) is 24.9 Å². The molecule has 0 aliphatic rings. The summed E-state index contributed by atoms with van der Waals surface area (Å²) in [4.78, 5) is 8.83. The van der Waals surface area contributed by atoms with Crippen molar-refractivity contribution in [2.45, 2.75) is 33.2 Å². The molecule has 0 fully saturated rings. The number of nitrogens with zero attached hydrogens (tertiary/aromatic N) is 2. The number of aliphatic imine (C=N–C) groups is 1. The second kappa shape index (κ2) is 13.0. The number of hydrogen-bond donors (Lipinski definition) is 2. The van der Waals surface area contributed by atoms with Gasteiger partial charge in [0.1, 0.15) is 10.9 Å². The smallest absolute Gasteiger partial charge is 0.191 e. The lowest BCUT2D eigenvalue weighted by atomic mass is 10.1. The van der Waals surface area contributed by atoms with Crippen molar-refractivity contribution < 1.29 is 9.47 Å². The predicted molar refractivity (Wildman–Crippen MR) is 119 cm³/mol. The van der Waals surface area contributed by atoms with Crippen LogP contribution in [0.2, 0.25) is 5.15 Å². The second-order valence-electron chi connectivity index (χ2n) is 6.67. The molecule has 29 heavy (non-hydrogen) atoms. The van der Waals surface area contributed by atoms with E-state index in [0.717, 1.165) is 48.8 Å². The van der Waals surface area contributed by atoms with Crippen molar-refractivity contribution >= 4 is 17.6 Å². The van der Waals surface area contributed by atoms with Crippen LogP contribution < -0.4 is 15.4 Å². The van der Waals surface area contributed by atoms with Gasteiger partial charge >= 0.3 is 0 Å². The molecule has 0 amide bonds. The van der Waals surface area contributed by atoms with Crippen LogP contribution in [0.5, 0.6) is 5.75 Å². The number of aromatic nitrogens is 1. The zero-order chi connectivity index (χ0) is 20.9. The molecule has 0 saturated heterocycles. The summed E-state index contributed by atoms with van der Waals surface area (Å²) in [6.45, 7) is 7.52. The van der Waals surface area contributed by atoms with E-state index >= 15 is 0 Å². The van der Waals surface area contributed by atoms with Gasteiger partial charge < -0.3 is 20.1 Å². The summed E-state index contributed by atoms with van der Waals surface area (Å²) < 4.78 is 11.0. The summed E-state index contributed by atoms with van der Waals surface area (Å²) in [7, 11) is 1.70. The topological polar surface area (TPSA) is 67.8 Å². The number of guanidine groups is 1. The number of pyridine rings is 1. The molecule has 0 spiro atoms. The van der Waals surface area contributed by atoms with E-state index in [4.69, 9.17) is 26.1 Å². The maximum Gasteiger partial charge on any atom is 0.191 e. The van der Waals surface area contributed by atoms with Gasteiger partial charge in [0.15, 0.2) is 5.96 Å². The third-order valence-electron chi connectivity index (χ3n) is 4.22. The summed E-state index contributed by atoms with van der Waals surface area (Å²) >= 11 is 5.83. The van der Waals surface area contributed by atoms with Crippen molar-refractivity contribution in [1.82, 2.24) is 15.6 Å². The summed E-state index contributed by atoms with van der Waals surface area (Å²) in [5.41, 5.74) is 3.36. The van der Waals surface area contributed by atoms with Crippen molar-refractivity contribution in [3.63, 3.8) is 0 Å². The summed E-state index contributed by atoms with van der Waals surface area (Å²) in [5, 5.41) is 7.16. The number of hydrogen-bond acceptors (Lipinski definition) is 4. The monoisotopic (exact) mass is 418 g/mol. The molecule has 2 aromatic rings. The number of benzene rings is 1. The van der Waals surface area contributed by atoms with Gasteiger partial charge in [0.05, 0.1) is 13.2 Å². The highest BCUT2D eigenvalue weighted by atomic mass is 35.5. The van der Waals surface area contributed by atoms with Gasteiger partial charge in [-0.1, -0.05) is 29.8 Å². The number of aryl methyl sites for hydroxylation is 1. The first kappa shape index (κ1) is 23.0. The molecule has 0 atom stereocenters. The average molecular weight is 419 g/mol. The number of ether oxygens (including phenoxy) is 2. The highest BCUT2D eigenvalue weighted by molar-refractivity contribution is 6.29. The van der Waals surface area contributed by atoms with Crippen LogP contribution in [0.15, 0.2) is 41.5 Å². The maximum atomic E-state index is 5.95. The normalized spacial score (nSPS) is 11.4. The zero-order valence-electron chi connectivity index (χ0n) is 17.5. The van der Waals surface area contributed by atoms with Crippen LogP contribution in [0.4, 0.5) is 0 Å². The first-order valence-electron chi connectivity index (χ1n) is 9.96. The van der Waals surface area contributed by atoms with Crippen LogP contribution in [0, 0.1) is 6.92 Å². The van der Waals surface area contributed by atoms with E-state index in [1.54, 1.807) is 13.3 Å². The van der Waals surface area contributed by atoms with Crippen LogP contribution in [0.25, 0.3) is 0 Å². The van der Waals surface area contributed by atoms with E-state index in [9.17, 15) is 0 Å². The second-order valence-corrected chi connectivity index (χ2v) is 7.05. The first-order valence-corrected chi connectivity index (χ1v) is 10.3. The van der Waals surface area contributed by atoms with Gasteiger partial charge in [-0.3, -0.25) is 0 Å². The largest absolute Gasteiger partial charge is 0.493 e. The Hall–Kier alpha value is -2.31. The molecule has 0 aliphatic carbocycles. The lowest BCUT2D eigenvalue weighted by Crippen LogP contribution is -2.38. The van der Waals surface area contributed by atoms with Gasteiger partial charge in [-0.05, 0) is 43.5 Å². The molecule has 158 valence electrons. The number of methoxy groups -OCH3 is 1. The van der Waals surface area contributed by atoms with Crippen LogP contribution in [0.3, 0.4) is 0 Å². The molecule has 0 radical (unpaired) electrons. The lowest BCUT2D eigenvalue weighted by Gasteiger charge is -2.14. The van der Waals surface area contributed by atoms with Crippen LogP contribution in [0.1, 0.15) is 30.0 Å². The number of nitrogens with one attached hydrogen (secondary N) is 2. The van der Waals surface area contributed by atoms with Gasteiger partial charge in [-0.15, -0.1) is 0 Å². The van der Waals surface area contributed by atoms with Crippen LogP contribution >= 0.6 is 11.6 Å². The Morgan fingerprint density at radius 2 is 2.03 bits per heavy atom. The Kier molecular flexibility index (Phi) is 10.3. The van der Waals surface area contributed by atoms with Gasteiger partial charge in [0, 0.05) is 45.0 Å². The van der Waals surface area contributed by atoms with Crippen molar-refractivity contribution in [3.8, 4) is 5.75 Å². The molecule has 1 aromatic heterocycles. The third-order valence-corrected chi connectivity index (χ3v) is 4.44. The fourth-order valence-corrected chi connectivity index (χ4v) is 2.81. The number of rotatable bonds is 11. The molecule has 0 bridgehead atoms. The SMILES string of the molecule is CCNC(=NCc1ccc(C)cc1OCCCOC)NCCc1ccc(Cl)nc1. The Morgan fingerprint density at radius 1 is 1.17 bits per heavy atom. The van der Waals surface area contributed by atoms with Crippen molar-refractivity contribution in [2.75, 3.05) is 33.4 Å². The fraction of sp³-hybridized carbons (Fsp3) is 0.455. The van der Waals surface area contributed by atoms with E-state index in [-0.39, 0.29) is 0 Å². The Morgan fingerprint density at radius 3 is 2.76 bits per heavy atom. The molecule has 0 unspecified atom stereocenters. The van der Waals surface area contributed by atoms with E-state index in [1.165, 1.54) is 5.56 Å². The molecular weight excluding hydrogens is 388 g/mol. The van der Waals surface area contributed by atoms with Gasteiger partial charge in [0.25, 0.3) is 0 Å². The van der Waals surface area contributed by atoms with E-state index in [2.05, 4.69) is 47.7 Å². The van der Waals surface area contributed by atoms with E-state index in [1.807, 2.05) is 12.1 Å². The Bertz CT molecular complexity index is 766. The molecule has 0 aliphatic heterocycles. The standard InChI is InChI=1S/C22H31ClN4O2/c1-4-24-22(25-11-10-18-7-9-21(23)26-15-18)27-16-19-8-6-17(2)14-20(19)29-13-5-12-28-3/h6-9,14-15H,4-5,10-13,16H2,1-3H3,(H2,24,25,27). The quantitative estimate of drug-likeness (QED) is 0.252. The average Bonchev–Trinajstić information content (AvgIpc) is 2.72. The summed E-state index contributed by atoms with van der Waals surface area (Å²) in [6, 6.07) is 10.0. The third kappa shape index (κ3) is 8.71. The van der Waals surface area contributed by atoms with E-state index < -0.39 is 0 Å². The highest BCUT2D eigenvalue weighted by Crippen LogP contribution is 2.21. The molecule has 2 N–H and O–H groups in total. The van der Waals surface area contributed by atoms with Crippen molar-refractivity contribution in [2.24, 2.45) is 4.99 Å². The first-order chi connectivity index (χ1) is 14.1. The maximum absolute atomic E-state index is 5.95. The lowest BCUT2D eigenvalue weighted by molar-refractivity contribution is 0.172. The van der Waals surface area contributed by atoms with Crippen LogP contribution in [-0.4, -0.2) is 44.4 Å². The minimum absolute atomic E-state index is 0.509. The minimum atomic E-state index is 0.509. The molecule has 7 heteroatoms. The van der Waals surface area contributed by atoms with Crippen molar-refractivity contribution in [1.29, 1.82) is 0 Å². The Balaban J connectivity index is 1.94. The molecule has 1 aromatic carbocycles. The summed E-state index contributed by atoms with van der Waals surface area (Å²) in [5.74, 6) is 1.66. The number of halogens is 1. The Labute approximate surface area is 178 Å². The van der Waals surface area contributed by atoms with Gasteiger partial charge in [-0.2, -0.15) is 0 Å². The summed E-state index contributed by atoms with van der Waals surface area (Å²) in [6.07, 6.45) is 3.50. The highest BCUT2D eigenvalue weighted by Gasteiger charge is 2.05. The van der Waals surface area contributed by atoms with Crippen LogP contribution in [-0.2, 0) is 17.7 Å². The molecular formula is C22H31ClN4O2.